The number of ether oxygens (including phenoxy) is 5. The van der Waals surface area contributed by atoms with Crippen molar-refractivity contribution in [2.75, 3.05) is 13.2 Å². The van der Waals surface area contributed by atoms with Gasteiger partial charge in [-0.2, -0.15) is 0 Å². The lowest BCUT2D eigenvalue weighted by Crippen LogP contribution is -2.40. The van der Waals surface area contributed by atoms with E-state index in [0.29, 0.717) is 6.61 Å². The third kappa shape index (κ3) is 5.40. The first-order chi connectivity index (χ1) is 15.7. The van der Waals surface area contributed by atoms with Gasteiger partial charge in [-0.25, -0.2) is 4.79 Å². The van der Waals surface area contributed by atoms with Gasteiger partial charge >= 0.3 is 11.7 Å². The number of benzene rings is 1. The Morgan fingerprint density at radius 2 is 1.91 bits per heavy atom. The number of hydrogen-bond acceptors (Lipinski definition) is 9. The van der Waals surface area contributed by atoms with Gasteiger partial charge in [-0.1, -0.05) is 30.3 Å². The molecule has 2 aliphatic heterocycles. The second-order valence-corrected chi connectivity index (χ2v) is 8.38. The lowest BCUT2D eigenvalue weighted by Gasteiger charge is -2.25. The molecule has 1 aromatic heterocycles. The molecular weight excluding hydrogens is 434 g/mol. The highest BCUT2D eigenvalue weighted by Crippen LogP contribution is 2.42. The fourth-order valence-corrected chi connectivity index (χ4v) is 3.86. The zero-order valence-corrected chi connectivity index (χ0v) is 18.3. The van der Waals surface area contributed by atoms with Crippen LogP contribution in [0.4, 0.5) is 0 Å². The van der Waals surface area contributed by atoms with Crippen molar-refractivity contribution >= 4 is 5.97 Å². The molecular formula is C22H27N3O8. The lowest BCUT2D eigenvalue weighted by molar-refractivity contribution is -0.203. The molecule has 0 unspecified atom stereocenters. The molecule has 178 valence electrons. The summed E-state index contributed by atoms with van der Waals surface area (Å²) < 4.78 is 29.9. The third-order valence-corrected chi connectivity index (χ3v) is 5.35. The Labute approximate surface area is 189 Å². The highest BCUT2D eigenvalue weighted by molar-refractivity contribution is 5.75. The van der Waals surface area contributed by atoms with Gasteiger partial charge in [0.05, 0.1) is 13.2 Å². The van der Waals surface area contributed by atoms with E-state index in [-0.39, 0.29) is 13.2 Å². The number of nitrogens with zero attached hydrogens (tertiary/aromatic N) is 1. The maximum Gasteiger partial charge on any atom is 0.330 e. The second-order valence-electron chi connectivity index (χ2n) is 8.38. The molecule has 2 saturated heterocycles. The van der Waals surface area contributed by atoms with Crippen LogP contribution in [0.15, 0.2) is 52.2 Å². The van der Waals surface area contributed by atoms with E-state index in [1.807, 2.05) is 30.3 Å². The fraction of sp³-hybridized carbons (Fsp3) is 0.500. The van der Waals surface area contributed by atoms with Gasteiger partial charge in [0, 0.05) is 12.3 Å². The van der Waals surface area contributed by atoms with Gasteiger partial charge in [0.25, 0.3) is 5.56 Å². The minimum atomic E-state index is -0.972. The Bertz CT molecular complexity index is 1080. The van der Waals surface area contributed by atoms with Crippen LogP contribution in [0.5, 0.6) is 0 Å². The number of rotatable bonds is 8. The van der Waals surface area contributed by atoms with E-state index in [1.165, 1.54) is 16.8 Å². The second kappa shape index (κ2) is 9.57. The van der Waals surface area contributed by atoms with Crippen molar-refractivity contribution in [1.82, 2.24) is 9.55 Å². The first-order valence-corrected chi connectivity index (χ1v) is 10.6. The standard InChI is InChI=1S/C22H27N3O8/c1-22(2)32-17-15(31-19(18(17)33-22)25-9-8-16(26)24-21(25)28)12-30-20(27)14(23)11-29-10-13-6-4-3-5-7-13/h3-9,14-15,17-19H,10-12,23H2,1-2H3,(H,24,26,28)/t14-,15+,17+,18+,19+/m0/s1. The number of hydrogen-bond donors (Lipinski definition) is 2. The number of nitrogens with one attached hydrogen (secondary N) is 1. The highest BCUT2D eigenvalue weighted by atomic mass is 16.8. The van der Waals surface area contributed by atoms with Gasteiger partial charge in [0.1, 0.15) is 31.0 Å². The van der Waals surface area contributed by atoms with Crippen LogP contribution in [0.25, 0.3) is 0 Å². The molecule has 11 nitrogen and oxygen atoms in total. The Morgan fingerprint density at radius 3 is 2.64 bits per heavy atom. The SMILES string of the molecule is CC1(C)O[C@@H]2[C@H](O1)[C@@H](COC(=O)[C@@H](N)COCc1ccccc1)O[C@H]2n1ccc(=O)[nH]c1=O. The van der Waals surface area contributed by atoms with E-state index in [1.54, 1.807) is 13.8 Å². The van der Waals surface area contributed by atoms with E-state index < -0.39 is 53.6 Å². The third-order valence-electron chi connectivity index (χ3n) is 5.35. The largest absolute Gasteiger partial charge is 0.462 e. The van der Waals surface area contributed by atoms with Crippen molar-refractivity contribution < 1.29 is 28.5 Å². The fourth-order valence-electron chi connectivity index (χ4n) is 3.86. The molecule has 0 amide bonds. The quantitative estimate of drug-likeness (QED) is 0.521. The number of nitrogens with two attached hydrogens (primary N) is 1. The number of H-pyrrole nitrogens is 1. The zero-order valence-electron chi connectivity index (χ0n) is 18.3. The number of carbonyl (C=O) groups is 1. The Morgan fingerprint density at radius 1 is 1.18 bits per heavy atom. The predicted octanol–water partition coefficient (Wildman–Crippen LogP) is 0.0414. The summed E-state index contributed by atoms with van der Waals surface area (Å²) in [5.74, 6) is -1.57. The first-order valence-electron chi connectivity index (χ1n) is 10.6. The normalized spacial score (nSPS) is 26.6. The maximum absolute atomic E-state index is 12.4. The van der Waals surface area contributed by atoms with E-state index in [2.05, 4.69) is 4.98 Å². The summed E-state index contributed by atoms with van der Waals surface area (Å²) in [6.45, 7) is 3.64. The summed E-state index contributed by atoms with van der Waals surface area (Å²) in [6.07, 6.45) is -1.49. The molecule has 1 aromatic carbocycles. The molecule has 0 aliphatic carbocycles. The van der Waals surface area contributed by atoms with Crippen LogP contribution in [-0.4, -0.2) is 58.9 Å². The van der Waals surface area contributed by atoms with Crippen molar-refractivity contribution in [3.8, 4) is 0 Å². The number of esters is 1. The van der Waals surface area contributed by atoms with Crippen LogP contribution in [-0.2, 0) is 35.1 Å². The van der Waals surface area contributed by atoms with Gasteiger partial charge < -0.3 is 29.4 Å². The minimum absolute atomic E-state index is 0.00660. The monoisotopic (exact) mass is 461 g/mol. The van der Waals surface area contributed by atoms with E-state index in [0.717, 1.165) is 5.56 Å². The van der Waals surface area contributed by atoms with Crippen LogP contribution in [0.2, 0.25) is 0 Å². The summed E-state index contributed by atoms with van der Waals surface area (Å²) in [7, 11) is 0. The highest BCUT2D eigenvalue weighted by Gasteiger charge is 2.56. The topological polar surface area (TPSA) is 144 Å². The van der Waals surface area contributed by atoms with Crippen LogP contribution < -0.4 is 17.0 Å². The summed E-state index contributed by atoms with van der Waals surface area (Å²) in [6, 6.07) is 9.75. The van der Waals surface area contributed by atoms with Gasteiger partial charge in [0.15, 0.2) is 12.0 Å². The molecule has 3 heterocycles. The average Bonchev–Trinajstić information content (AvgIpc) is 3.26. The first kappa shape index (κ1) is 23.3. The maximum atomic E-state index is 12.4. The number of aromatic nitrogens is 2. The number of carbonyl (C=O) groups excluding carboxylic acids is 1. The molecule has 3 N–H and O–H groups in total. The van der Waals surface area contributed by atoms with Gasteiger partial charge in [-0.3, -0.25) is 19.1 Å². The van der Waals surface area contributed by atoms with Crippen molar-refractivity contribution in [1.29, 1.82) is 0 Å². The van der Waals surface area contributed by atoms with E-state index in [4.69, 9.17) is 29.4 Å². The molecule has 0 bridgehead atoms. The van der Waals surface area contributed by atoms with E-state index in [9.17, 15) is 14.4 Å². The predicted molar refractivity (Wildman–Crippen MR) is 114 cm³/mol. The van der Waals surface area contributed by atoms with Crippen molar-refractivity contribution in [3.63, 3.8) is 0 Å². The van der Waals surface area contributed by atoms with Crippen molar-refractivity contribution in [2.45, 2.75) is 56.8 Å². The summed E-state index contributed by atoms with van der Waals surface area (Å²) in [5, 5.41) is 0. The zero-order chi connectivity index (χ0) is 23.6. The molecule has 11 heteroatoms. The molecule has 2 aromatic rings. The van der Waals surface area contributed by atoms with Gasteiger partial charge in [-0.15, -0.1) is 0 Å². The van der Waals surface area contributed by atoms with Crippen LogP contribution in [0.1, 0.15) is 25.6 Å². The van der Waals surface area contributed by atoms with Crippen molar-refractivity contribution in [2.24, 2.45) is 5.73 Å². The molecule has 4 rings (SSSR count). The van der Waals surface area contributed by atoms with Crippen molar-refractivity contribution in [3.05, 3.63) is 69.0 Å². The molecule has 2 fully saturated rings. The van der Waals surface area contributed by atoms with E-state index >= 15 is 0 Å². The van der Waals surface area contributed by atoms with Crippen LogP contribution >= 0.6 is 0 Å². The molecule has 0 spiro atoms. The number of fused-ring (bicyclic) bond motifs is 1. The summed E-state index contributed by atoms with van der Waals surface area (Å²) in [4.78, 5) is 38.2. The van der Waals surface area contributed by atoms with Gasteiger partial charge in [-0.05, 0) is 19.4 Å². The van der Waals surface area contributed by atoms with Crippen LogP contribution in [0.3, 0.4) is 0 Å². The molecule has 33 heavy (non-hydrogen) atoms. The van der Waals surface area contributed by atoms with Crippen LogP contribution in [0, 0.1) is 0 Å². The summed E-state index contributed by atoms with van der Waals surface area (Å²) >= 11 is 0. The van der Waals surface area contributed by atoms with Gasteiger partial charge in [0.2, 0.25) is 0 Å². The lowest BCUT2D eigenvalue weighted by atomic mass is 10.1. The Hall–Kier alpha value is -2.83. The minimum Gasteiger partial charge on any atom is -0.462 e. The molecule has 2 aliphatic rings. The smallest absolute Gasteiger partial charge is 0.330 e. The number of aromatic amines is 1. The molecule has 5 atom stereocenters. The Balaban J connectivity index is 1.35. The average molecular weight is 461 g/mol. The summed E-state index contributed by atoms with van der Waals surface area (Å²) in [5.41, 5.74) is 5.69. The molecule has 0 saturated carbocycles. The Kier molecular flexibility index (Phi) is 6.77. The molecule has 0 radical (unpaired) electrons.